The maximum atomic E-state index is 13.8. The van der Waals surface area contributed by atoms with Crippen LogP contribution in [0.25, 0.3) is 0 Å². The van der Waals surface area contributed by atoms with Crippen LogP contribution < -0.4 is 5.32 Å². The zero-order valence-corrected chi connectivity index (χ0v) is 22.1. The number of allylic oxidation sites excluding steroid dienone is 1. The number of rotatable bonds is 4. The Morgan fingerprint density at radius 1 is 1.25 bits per heavy atom. The van der Waals surface area contributed by atoms with E-state index in [-0.39, 0.29) is 17.0 Å². The van der Waals surface area contributed by atoms with E-state index in [1.807, 2.05) is 26.2 Å². The number of halogens is 2. The van der Waals surface area contributed by atoms with E-state index < -0.39 is 23.4 Å². The molecule has 1 amide bonds. The third kappa shape index (κ3) is 5.70. The fourth-order valence-corrected chi connectivity index (χ4v) is 5.15. The lowest BCUT2D eigenvalue weighted by molar-refractivity contribution is -0.136. The molecule has 2 aromatic rings. The van der Waals surface area contributed by atoms with Crippen LogP contribution in [0.3, 0.4) is 0 Å². The molecule has 1 aromatic heterocycles. The van der Waals surface area contributed by atoms with E-state index in [4.69, 9.17) is 26.1 Å². The van der Waals surface area contributed by atoms with Gasteiger partial charge in [0.2, 0.25) is 0 Å². The highest BCUT2D eigenvalue weighted by Crippen LogP contribution is 2.40. The standard InChI is InChI=1S/C25H28ClFN4O4S/c1-25(2,3)35-24(33)31-10-7-14(8-11-31)19-18(23(32)34-4)20(16-6-5-15(27)13-17(16)26)30-21(29-19)22-28-9-12-36-22/h5-6,9,12-14,20H,7-8,10-11H2,1-4H3,(H,29,30). The van der Waals surface area contributed by atoms with Crippen molar-refractivity contribution in [3.8, 4) is 0 Å². The van der Waals surface area contributed by atoms with E-state index in [9.17, 15) is 14.0 Å². The SMILES string of the molecule is COC(=O)C1=C(C2CCN(C(=O)OC(C)(C)C)CC2)NC(c2nccs2)=NC1c1ccc(F)cc1Cl. The summed E-state index contributed by atoms with van der Waals surface area (Å²) in [5.74, 6) is -0.642. The predicted octanol–water partition coefficient (Wildman–Crippen LogP) is 5.10. The van der Waals surface area contributed by atoms with Crippen LogP contribution in [0, 0.1) is 11.7 Å². The van der Waals surface area contributed by atoms with Gasteiger partial charge in [-0.3, -0.25) is 4.99 Å². The first-order valence-corrected chi connectivity index (χ1v) is 12.8. The molecule has 0 spiro atoms. The maximum Gasteiger partial charge on any atom is 0.410 e. The van der Waals surface area contributed by atoms with Crippen LogP contribution in [0.1, 0.15) is 50.2 Å². The normalized spacial score (nSPS) is 19.0. The summed E-state index contributed by atoms with van der Waals surface area (Å²) in [6.07, 6.45) is 2.50. The van der Waals surface area contributed by atoms with Crippen LogP contribution in [-0.2, 0) is 14.3 Å². The monoisotopic (exact) mass is 534 g/mol. The average Bonchev–Trinajstić information content (AvgIpc) is 3.37. The first-order chi connectivity index (χ1) is 17.1. The molecule has 2 aliphatic heterocycles. The molecule has 2 aliphatic rings. The number of amides is 1. The first-order valence-electron chi connectivity index (χ1n) is 11.6. The lowest BCUT2D eigenvalue weighted by Gasteiger charge is -2.37. The van der Waals surface area contributed by atoms with Gasteiger partial charge in [0.25, 0.3) is 0 Å². The Hall–Kier alpha value is -2.98. The number of carbonyl (C=O) groups is 2. The third-order valence-electron chi connectivity index (χ3n) is 5.93. The number of esters is 1. The molecule has 1 fully saturated rings. The Balaban J connectivity index is 1.71. The summed E-state index contributed by atoms with van der Waals surface area (Å²) in [7, 11) is 1.31. The van der Waals surface area contributed by atoms with E-state index in [1.54, 1.807) is 11.1 Å². The maximum absolute atomic E-state index is 13.8. The quantitative estimate of drug-likeness (QED) is 0.548. The van der Waals surface area contributed by atoms with Crippen molar-refractivity contribution in [2.75, 3.05) is 20.2 Å². The summed E-state index contributed by atoms with van der Waals surface area (Å²) in [6, 6.07) is 3.20. The number of hydrogen-bond acceptors (Lipinski definition) is 8. The molecule has 0 aliphatic carbocycles. The van der Waals surface area contributed by atoms with Crippen molar-refractivity contribution >= 4 is 40.8 Å². The minimum atomic E-state index is -0.815. The van der Waals surface area contributed by atoms with Gasteiger partial charge in [0, 0.05) is 46.9 Å². The van der Waals surface area contributed by atoms with Gasteiger partial charge < -0.3 is 19.7 Å². The zero-order valence-electron chi connectivity index (χ0n) is 20.5. The van der Waals surface area contributed by atoms with Crippen LogP contribution in [-0.4, -0.2) is 53.6 Å². The Morgan fingerprint density at radius 2 is 1.97 bits per heavy atom. The number of likely N-dealkylation sites (tertiary alicyclic amines) is 1. The summed E-state index contributed by atoms with van der Waals surface area (Å²) in [5, 5.41) is 5.96. The molecule has 0 bridgehead atoms. The molecule has 8 nitrogen and oxygen atoms in total. The van der Waals surface area contributed by atoms with Crippen LogP contribution >= 0.6 is 22.9 Å². The van der Waals surface area contributed by atoms with Crippen molar-refractivity contribution in [3.63, 3.8) is 0 Å². The minimum absolute atomic E-state index is 0.0926. The molecule has 1 saturated heterocycles. The fraction of sp³-hybridized carbons (Fsp3) is 0.440. The van der Waals surface area contributed by atoms with Crippen molar-refractivity contribution in [2.45, 2.75) is 45.3 Å². The number of ether oxygens (including phenoxy) is 2. The Morgan fingerprint density at radius 3 is 2.56 bits per heavy atom. The topological polar surface area (TPSA) is 93.1 Å². The highest BCUT2D eigenvalue weighted by molar-refractivity contribution is 7.11. The molecular formula is C25H28ClFN4O4S. The lowest BCUT2D eigenvalue weighted by Crippen LogP contribution is -2.44. The molecule has 4 rings (SSSR count). The van der Waals surface area contributed by atoms with E-state index in [0.29, 0.717) is 53.6 Å². The van der Waals surface area contributed by atoms with Crippen LogP contribution in [0.4, 0.5) is 9.18 Å². The lowest BCUT2D eigenvalue weighted by atomic mass is 9.86. The third-order valence-corrected chi connectivity index (χ3v) is 7.03. The number of thiazole rings is 1. The van der Waals surface area contributed by atoms with Gasteiger partial charge in [-0.15, -0.1) is 11.3 Å². The second-order valence-electron chi connectivity index (χ2n) is 9.57. The second kappa shape index (κ2) is 10.6. The molecule has 1 unspecified atom stereocenters. The minimum Gasteiger partial charge on any atom is -0.466 e. The average molecular weight is 535 g/mol. The molecule has 192 valence electrons. The summed E-state index contributed by atoms with van der Waals surface area (Å²) < 4.78 is 24.5. The molecule has 1 N–H and O–H groups in total. The van der Waals surface area contributed by atoms with Crippen LogP contribution in [0.2, 0.25) is 5.02 Å². The van der Waals surface area contributed by atoms with Gasteiger partial charge in [-0.2, -0.15) is 0 Å². The number of amidine groups is 1. The molecule has 11 heteroatoms. The van der Waals surface area contributed by atoms with Crippen molar-refractivity contribution in [1.29, 1.82) is 0 Å². The number of methoxy groups -OCH3 is 1. The van der Waals surface area contributed by atoms with E-state index in [0.717, 1.165) is 0 Å². The first kappa shape index (κ1) is 26.1. The molecule has 36 heavy (non-hydrogen) atoms. The summed E-state index contributed by atoms with van der Waals surface area (Å²) in [5.41, 5.74) is 0.858. The molecule has 0 saturated carbocycles. The van der Waals surface area contributed by atoms with E-state index in [2.05, 4.69) is 10.3 Å². The predicted molar refractivity (Wildman–Crippen MR) is 136 cm³/mol. The van der Waals surface area contributed by atoms with Crippen molar-refractivity contribution in [3.05, 3.63) is 62.5 Å². The van der Waals surface area contributed by atoms with Crippen LogP contribution in [0.5, 0.6) is 0 Å². The zero-order chi connectivity index (χ0) is 26.0. The molecular weight excluding hydrogens is 507 g/mol. The highest BCUT2D eigenvalue weighted by atomic mass is 35.5. The summed E-state index contributed by atoms with van der Waals surface area (Å²) in [6.45, 7) is 6.42. The largest absolute Gasteiger partial charge is 0.466 e. The number of aromatic nitrogens is 1. The number of benzene rings is 1. The number of carbonyl (C=O) groups excluding carboxylic acids is 2. The van der Waals surface area contributed by atoms with Crippen molar-refractivity contribution < 1.29 is 23.5 Å². The number of nitrogens with zero attached hydrogens (tertiary/aromatic N) is 3. The van der Waals surface area contributed by atoms with Gasteiger partial charge in [-0.25, -0.2) is 19.0 Å². The van der Waals surface area contributed by atoms with Gasteiger partial charge in [0.05, 0.1) is 12.7 Å². The molecule has 3 heterocycles. The van der Waals surface area contributed by atoms with E-state index >= 15 is 0 Å². The number of aliphatic imine (C=N–C) groups is 1. The number of nitrogens with one attached hydrogen (secondary N) is 1. The van der Waals surface area contributed by atoms with Gasteiger partial charge >= 0.3 is 12.1 Å². The second-order valence-corrected chi connectivity index (χ2v) is 10.9. The smallest absolute Gasteiger partial charge is 0.410 e. The Bertz CT molecular complexity index is 1200. The van der Waals surface area contributed by atoms with Gasteiger partial charge in [-0.05, 0) is 45.7 Å². The van der Waals surface area contributed by atoms with Crippen molar-refractivity contribution in [2.24, 2.45) is 10.9 Å². The van der Waals surface area contributed by atoms with E-state index in [1.165, 1.54) is 36.6 Å². The summed E-state index contributed by atoms with van der Waals surface area (Å²) >= 11 is 7.81. The molecule has 1 aromatic carbocycles. The fourth-order valence-electron chi connectivity index (χ4n) is 4.30. The Kier molecular flexibility index (Phi) is 7.65. The van der Waals surface area contributed by atoms with Gasteiger partial charge in [0.1, 0.15) is 17.5 Å². The molecule has 1 atom stereocenters. The number of piperidine rings is 1. The summed E-state index contributed by atoms with van der Waals surface area (Å²) in [4.78, 5) is 36.5. The highest BCUT2D eigenvalue weighted by Gasteiger charge is 2.38. The van der Waals surface area contributed by atoms with Gasteiger partial charge in [-0.1, -0.05) is 17.7 Å². The Labute approximate surface area is 218 Å². The van der Waals surface area contributed by atoms with Gasteiger partial charge in [0.15, 0.2) is 10.8 Å². The van der Waals surface area contributed by atoms with Crippen LogP contribution in [0.15, 0.2) is 46.0 Å². The van der Waals surface area contributed by atoms with Crippen molar-refractivity contribution in [1.82, 2.24) is 15.2 Å². The molecule has 0 radical (unpaired) electrons. The number of hydrogen-bond donors (Lipinski definition) is 1.